The predicted octanol–water partition coefficient (Wildman–Crippen LogP) is 4.15. The van der Waals surface area contributed by atoms with Crippen molar-refractivity contribution < 1.29 is 4.79 Å². The number of hydrogen-bond donors (Lipinski definition) is 2. The molecule has 1 heterocycles. The lowest BCUT2D eigenvalue weighted by Gasteiger charge is -2.10. The van der Waals surface area contributed by atoms with E-state index in [2.05, 4.69) is 41.2 Å². The monoisotopic (exact) mass is 299 g/mol. The minimum atomic E-state index is -0.531. The van der Waals surface area contributed by atoms with Crippen LogP contribution in [0.25, 0.3) is 0 Å². The molecule has 118 valence electrons. The van der Waals surface area contributed by atoms with Gasteiger partial charge in [-0.25, -0.2) is 4.79 Å². The molecule has 0 fully saturated rings. The first-order valence-corrected chi connectivity index (χ1v) is 7.98. The van der Waals surface area contributed by atoms with Crippen molar-refractivity contribution in [3.8, 4) is 0 Å². The van der Waals surface area contributed by atoms with E-state index in [0.29, 0.717) is 0 Å². The standard InChI is InChI=1S/C18H25N3O/c1-2-3-4-5-11-21-12-7-10-17(21)14-15-8-6-9-16(13-15)20-18(19)22/h6-10,12-13H,2-5,11,14H2,1H3,(H3,19,20,22). The molecule has 0 atom stereocenters. The van der Waals surface area contributed by atoms with E-state index in [1.54, 1.807) is 0 Å². The van der Waals surface area contributed by atoms with Crippen molar-refractivity contribution in [3.63, 3.8) is 0 Å². The fraction of sp³-hybridized carbons (Fsp3) is 0.389. The highest BCUT2D eigenvalue weighted by Gasteiger charge is 2.04. The largest absolute Gasteiger partial charge is 0.351 e. The van der Waals surface area contributed by atoms with Gasteiger partial charge in [0.15, 0.2) is 0 Å². The molecule has 3 N–H and O–H groups in total. The van der Waals surface area contributed by atoms with Gasteiger partial charge in [-0.1, -0.05) is 38.3 Å². The number of primary amides is 1. The lowest BCUT2D eigenvalue weighted by molar-refractivity contribution is 0.259. The number of urea groups is 1. The Bertz CT molecular complexity index is 604. The van der Waals surface area contributed by atoms with E-state index in [1.807, 2.05) is 18.2 Å². The number of aromatic nitrogens is 1. The first-order chi connectivity index (χ1) is 10.7. The van der Waals surface area contributed by atoms with Crippen LogP contribution in [0, 0.1) is 0 Å². The number of carbonyl (C=O) groups is 1. The van der Waals surface area contributed by atoms with Crippen molar-refractivity contribution in [1.29, 1.82) is 0 Å². The van der Waals surface area contributed by atoms with Crippen LogP contribution in [0.2, 0.25) is 0 Å². The number of hydrogen-bond acceptors (Lipinski definition) is 1. The van der Waals surface area contributed by atoms with Gasteiger partial charge in [0, 0.05) is 30.5 Å². The maximum atomic E-state index is 10.9. The Morgan fingerprint density at radius 3 is 2.82 bits per heavy atom. The molecule has 4 heteroatoms. The Morgan fingerprint density at radius 1 is 1.18 bits per heavy atom. The minimum Gasteiger partial charge on any atom is -0.351 e. The average Bonchev–Trinajstić information content (AvgIpc) is 2.90. The summed E-state index contributed by atoms with van der Waals surface area (Å²) in [5, 5.41) is 2.62. The number of nitrogens with zero attached hydrogens (tertiary/aromatic N) is 1. The summed E-state index contributed by atoms with van der Waals surface area (Å²) < 4.78 is 2.32. The topological polar surface area (TPSA) is 60.1 Å². The molecule has 4 nitrogen and oxygen atoms in total. The first kappa shape index (κ1) is 16.1. The second-order valence-corrected chi connectivity index (χ2v) is 5.62. The SMILES string of the molecule is CCCCCCn1cccc1Cc1cccc(NC(N)=O)c1. The van der Waals surface area contributed by atoms with Crippen molar-refractivity contribution >= 4 is 11.7 Å². The number of nitrogens with one attached hydrogen (secondary N) is 1. The van der Waals surface area contributed by atoms with Gasteiger partial charge in [-0.3, -0.25) is 0 Å². The van der Waals surface area contributed by atoms with Gasteiger partial charge >= 0.3 is 6.03 Å². The third-order valence-electron chi connectivity index (χ3n) is 3.76. The number of rotatable bonds is 8. The van der Waals surface area contributed by atoms with E-state index in [4.69, 9.17) is 5.73 Å². The Balaban J connectivity index is 1.98. The Morgan fingerprint density at radius 2 is 2.05 bits per heavy atom. The zero-order chi connectivity index (χ0) is 15.8. The zero-order valence-corrected chi connectivity index (χ0v) is 13.2. The van der Waals surface area contributed by atoms with Gasteiger partial charge in [-0.2, -0.15) is 0 Å². The first-order valence-electron chi connectivity index (χ1n) is 7.98. The van der Waals surface area contributed by atoms with E-state index in [1.165, 1.54) is 36.9 Å². The number of benzene rings is 1. The summed E-state index contributed by atoms with van der Waals surface area (Å²) >= 11 is 0. The van der Waals surface area contributed by atoms with Crippen LogP contribution in [0.15, 0.2) is 42.6 Å². The van der Waals surface area contributed by atoms with Gasteiger partial charge < -0.3 is 15.6 Å². The van der Waals surface area contributed by atoms with E-state index in [-0.39, 0.29) is 0 Å². The number of anilines is 1. The number of unbranched alkanes of at least 4 members (excludes halogenated alkanes) is 3. The fourth-order valence-electron chi connectivity index (χ4n) is 2.65. The second-order valence-electron chi connectivity index (χ2n) is 5.62. The summed E-state index contributed by atoms with van der Waals surface area (Å²) in [6.07, 6.45) is 8.07. The van der Waals surface area contributed by atoms with Crippen molar-refractivity contribution in [2.75, 3.05) is 5.32 Å². The summed E-state index contributed by atoms with van der Waals surface area (Å²) in [7, 11) is 0. The third-order valence-corrected chi connectivity index (χ3v) is 3.76. The molecule has 0 saturated heterocycles. The van der Waals surface area contributed by atoms with Gasteiger partial charge in [-0.15, -0.1) is 0 Å². The van der Waals surface area contributed by atoms with E-state index < -0.39 is 6.03 Å². The maximum absolute atomic E-state index is 10.9. The highest BCUT2D eigenvalue weighted by molar-refractivity contribution is 5.87. The Hall–Kier alpha value is -2.23. The Labute approximate surface area is 132 Å². The molecule has 0 saturated carbocycles. The van der Waals surface area contributed by atoms with Crippen molar-refractivity contribution in [2.24, 2.45) is 5.73 Å². The normalized spacial score (nSPS) is 10.6. The molecular formula is C18H25N3O. The van der Waals surface area contributed by atoms with E-state index >= 15 is 0 Å². The summed E-state index contributed by atoms with van der Waals surface area (Å²) in [6, 6.07) is 11.6. The summed E-state index contributed by atoms with van der Waals surface area (Å²) in [6.45, 7) is 3.30. The molecule has 1 aromatic heterocycles. The molecule has 0 spiro atoms. The van der Waals surface area contributed by atoms with Crippen LogP contribution >= 0.6 is 0 Å². The van der Waals surface area contributed by atoms with Crippen LogP contribution < -0.4 is 11.1 Å². The molecule has 0 unspecified atom stereocenters. The third kappa shape index (κ3) is 4.95. The van der Waals surface area contributed by atoms with Crippen LogP contribution in [0.5, 0.6) is 0 Å². The zero-order valence-electron chi connectivity index (χ0n) is 13.2. The molecule has 0 aliphatic carbocycles. The summed E-state index contributed by atoms with van der Waals surface area (Å²) in [4.78, 5) is 10.9. The van der Waals surface area contributed by atoms with Crippen molar-refractivity contribution in [1.82, 2.24) is 4.57 Å². The van der Waals surface area contributed by atoms with Gasteiger partial charge in [0.25, 0.3) is 0 Å². The quantitative estimate of drug-likeness (QED) is 0.707. The molecule has 0 aliphatic heterocycles. The number of aryl methyl sites for hydroxylation is 1. The highest BCUT2D eigenvalue weighted by Crippen LogP contribution is 2.16. The molecular weight excluding hydrogens is 274 g/mol. The molecule has 1 aromatic carbocycles. The van der Waals surface area contributed by atoms with Gasteiger partial charge in [0.2, 0.25) is 0 Å². The molecule has 2 amide bonds. The van der Waals surface area contributed by atoms with Crippen LogP contribution in [0.1, 0.15) is 43.9 Å². The Kier molecular flexibility index (Phi) is 6.07. The number of carbonyl (C=O) groups excluding carboxylic acids is 1. The van der Waals surface area contributed by atoms with E-state index in [9.17, 15) is 4.79 Å². The fourth-order valence-corrected chi connectivity index (χ4v) is 2.65. The van der Waals surface area contributed by atoms with Crippen molar-refractivity contribution in [3.05, 3.63) is 53.9 Å². The van der Waals surface area contributed by atoms with Crippen molar-refractivity contribution in [2.45, 2.75) is 45.6 Å². The number of nitrogens with two attached hydrogens (primary N) is 1. The summed E-state index contributed by atoms with van der Waals surface area (Å²) in [5.41, 5.74) is 8.37. The smallest absolute Gasteiger partial charge is 0.316 e. The van der Waals surface area contributed by atoms with Gasteiger partial charge in [0.1, 0.15) is 0 Å². The van der Waals surface area contributed by atoms with Gasteiger partial charge in [-0.05, 0) is 36.2 Å². The van der Waals surface area contributed by atoms with E-state index in [0.717, 1.165) is 18.7 Å². The molecule has 0 aliphatic rings. The van der Waals surface area contributed by atoms with Crippen LogP contribution in [0.4, 0.5) is 10.5 Å². The maximum Gasteiger partial charge on any atom is 0.316 e. The lowest BCUT2D eigenvalue weighted by atomic mass is 10.1. The van der Waals surface area contributed by atoms with Crippen LogP contribution in [0.3, 0.4) is 0 Å². The van der Waals surface area contributed by atoms with Gasteiger partial charge in [0.05, 0.1) is 0 Å². The molecule has 0 radical (unpaired) electrons. The second kappa shape index (κ2) is 8.27. The number of amides is 2. The van der Waals surface area contributed by atoms with Crippen LogP contribution in [-0.4, -0.2) is 10.6 Å². The molecule has 22 heavy (non-hydrogen) atoms. The minimum absolute atomic E-state index is 0.531. The predicted molar refractivity (Wildman–Crippen MR) is 91.0 cm³/mol. The molecule has 2 rings (SSSR count). The summed E-state index contributed by atoms with van der Waals surface area (Å²) in [5.74, 6) is 0. The molecule has 0 bridgehead atoms. The highest BCUT2D eigenvalue weighted by atomic mass is 16.2. The van der Waals surface area contributed by atoms with Crippen LogP contribution in [-0.2, 0) is 13.0 Å². The molecule has 2 aromatic rings. The lowest BCUT2D eigenvalue weighted by Crippen LogP contribution is -2.19. The average molecular weight is 299 g/mol.